The van der Waals surface area contributed by atoms with Crippen LogP contribution in [0.4, 0.5) is 13.2 Å². The second-order valence-electron chi connectivity index (χ2n) is 7.53. The van der Waals surface area contributed by atoms with E-state index in [0.717, 1.165) is 32.1 Å². The second kappa shape index (κ2) is 13.7. The van der Waals surface area contributed by atoms with Crippen molar-refractivity contribution in [2.75, 3.05) is 13.2 Å². The number of hydrogen-bond donors (Lipinski definition) is 2. The van der Waals surface area contributed by atoms with Gasteiger partial charge in [0.1, 0.15) is 0 Å². The minimum absolute atomic E-state index is 0.138. The highest BCUT2D eigenvalue weighted by Crippen LogP contribution is 2.33. The number of benzene rings is 2. The van der Waals surface area contributed by atoms with E-state index in [0.29, 0.717) is 37.1 Å². The van der Waals surface area contributed by atoms with Gasteiger partial charge in [-0.1, -0.05) is 55.3 Å². The number of hydrogen-bond acceptors (Lipinski definition) is 3. The highest BCUT2D eigenvalue weighted by Gasteiger charge is 2.33. The summed E-state index contributed by atoms with van der Waals surface area (Å²) in [6, 6.07) is 14.8. The Morgan fingerprint density at radius 1 is 0.903 bits per heavy atom. The third-order valence-corrected chi connectivity index (χ3v) is 5.49. The summed E-state index contributed by atoms with van der Waals surface area (Å²) >= 11 is 0. The van der Waals surface area contributed by atoms with Crippen molar-refractivity contribution in [2.45, 2.75) is 57.7 Å². The third kappa shape index (κ3) is 10.5. The smallest absolute Gasteiger partial charge is 0.326 e. The van der Waals surface area contributed by atoms with Crippen molar-refractivity contribution in [1.29, 1.82) is 0 Å². The average Bonchev–Trinajstić information content (AvgIpc) is 2.73. The van der Waals surface area contributed by atoms with E-state index in [-0.39, 0.29) is 6.61 Å². The number of nitrogens with one attached hydrogen (secondary N) is 1. The molecule has 1 atom stereocenters. The third-order valence-electron chi connectivity index (χ3n) is 5.04. The number of aryl methyl sites for hydroxylation is 2. The lowest BCUT2D eigenvalue weighted by atomic mass is 9.97. The highest BCUT2D eigenvalue weighted by molar-refractivity contribution is 7.32. The zero-order valence-corrected chi connectivity index (χ0v) is 18.6. The number of unbranched alkanes of at least 4 members (excludes halogenated alkanes) is 3. The van der Waals surface area contributed by atoms with Crippen molar-refractivity contribution in [1.82, 2.24) is 5.32 Å². The van der Waals surface area contributed by atoms with Crippen molar-refractivity contribution in [3.8, 4) is 0 Å². The SMILES string of the molecule is O=[PH](O)OCCCNCc1ccc(CCCCCCc2ccccc2)c(C(F)(F)F)c1. The molecule has 2 N–H and O–H groups in total. The van der Waals surface area contributed by atoms with Gasteiger partial charge in [-0.15, -0.1) is 0 Å². The molecule has 0 bridgehead atoms. The summed E-state index contributed by atoms with van der Waals surface area (Å²) < 4.78 is 55.6. The van der Waals surface area contributed by atoms with Crippen molar-refractivity contribution in [3.05, 3.63) is 70.8 Å². The number of halogens is 3. The van der Waals surface area contributed by atoms with Crippen LogP contribution in [-0.4, -0.2) is 18.0 Å². The van der Waals surface area contributed by atoms with Crippen molar-refractivity contribution >= 4 is 8.25 Å². The first kappa shape index (κ1) is 25.6. The summed E-state index contributed by atoms with van der Waals surface area (Å²) in [4.78, 5) is 8.57. The molecule has 0 radical (unpaired) electrons. The molecule has 2 aromatic carbocycles. The van der Waals surface area contributed by atoms with Crippen LogP contribution in [0.5, 0.6) is 0 Å². The molecule has 8 heteroatoms. The van der Waals surface area contributed by atoms with Crippen LogP contribution in [0.3, 0.4) is 0 Å². The summed E-state index contributed by atoms with van der Waals surface area (Å²) in [6.45, 7) is 0.928. The lowest BCUT2D eigenvalue weighted by Gasteiger charge is -2.15. The molecule has 0 amide bonds. The van der Waals surface area contributed by atoms with Gasteiger partial charge in [0.15, 0.2) is 0 Å². The molecular formula is C23H31F3NO3P. The molecule has 0 saturated heterocycles. The summed E-state index contributed by atoms with van der Waals surface area (Å²) in [5, 5.41) is 3.03. The maximum Gasteiger partial charge on any atom is 0.416 e. The van der Waals surface area contributed by atoms with E-state index in [4.69, 9.17) is 4.89 Å². The van der Waals surface area contributed by atoms with Crippen LogP contribution >= 0.6 is 8.25 Å². The fraction of sp³-hybridized carbons (Fsp3) is 0.478. The Kier molecular flexibility index (Phi) is 11.3. The Labute approximate surface area is 182 Å². The maximum absolute atomic E-state index is 13.5. The summed E-state index contributed by atoms with van der Waals surface area (Å²) in [5.41, 5.74) is 1.65. The van der Waals surface area contributed by atoms with E-state index in [1.807, 2.05) is 18.2 Å². The molecule has 0 aromatic heterocycles. The Morgan fingerprint density at radius 3 is 2.29 bits per heavy atom. The molecule has 4 nitrogen and oxygen atoms in total. The van der Waals surface area contributed by atoms with E-state index < -0.39 is 20.0 Å². The molecule has 0 aliphatic rings. The maximum atomic E-state index is 13.5. The molecule has 0 spiro atoms. The van der Waals surface area contributed by atoms with Gasteiger partial charge in [0.25, 0.3) is 0 Å². The molecule has 31 heavy (non-hydrogen) atoms. The van der Waals surface area contributed by atoms with Gasteiger partial charge in [-0.3, -0.25) is 4.57 Å². The quantitative estimate of drug-likeness (QED) is 0.273. The number of rotatable bonds is 14. The second-order valence-corrected chi connectivity index (χ2v) is 8.35. The van der Waals surface area contributed by atoms with Crippen molar-refractivity contribution in [2.24, 2.45) is 0 Å². The molecule has 0 aliphatic heterocycles. The topological polar surface area (TPSA) is 58.6 Å². The van der Waals surface area contributed by atoms with E-state index in [9.17, 15) is 17.7 Å². The Hall–Kier alpha value is -1.66. The van der Waals surface area contributed by atoms with Gasteiger partial charge in [-0.2, -0.15) is 13.2 Å². The van der Waals surface area contributed by atoms with Crippen LogP contribution in [0.25, 0.3) is 0 Å². The van der Waals surface area contributed by atoms with Gasteiger partial charge >= 0.3 is 14.4 Å². The Balaban J connectivity index is 1.76. The highest BCUT2D eigenvalue weighted by atomic mass is 31.1. The zero-order chi connectivity index (χ0) is 22.5. The van der Waals surface area contributed by atoms with Gasteiger partial charge in [0.05, 0.1) is 12.2 Å². The predicted molar refractivity (Wildman–Crippen MR) is 117 cm³/mol. The molecule has 2 rings (SSSR count). The predicted octanol–water partition coefficient (Wildman–Crippen LogP) is 5.93. The number of alkyl halides is 3. The lowest BCUT2D eigenvalue weighted by Crippen LogP contribution is -2.17. The van der Waals surface area contributed by atoms with Crippen LogP contribution in [0.1, 0.15) is 54.4 Å². The van der Waals surface area contributed by atoms with Gasteiger partial charge < -0.3 is 14.7 Å². The molecule has 0 heterocycles. The Bertz CT molecular complexity index is 800. The monoisotopic (exact) mass is 457 g/mol. The van der Waals surface area contributed by atoms with E-state index in [2.05, 4.69) is 22.0 Å². The van der Waals surface area contributed by atoms with Crippen molar-refractivity contribution < 1.29 is 27.2 Å². The van der Waals surface area contributed by atoms with Crippen LogP contribution < -0.4 is 5.32 Å². The van der Waals surface area contributed by atoms with E-state index in [1.165, 1.54) is 11.6 Å². The first-order valence-corrected chi connectivity index (χ1v) is 11.9. The standard InChI is InChI=1S/C23H31F3NO3P/c24-23(25,26)22-17-20(18-27-15-8-16-30-31(28)29)13-14-21(22)12-7-2-1-4-9-19-10-5-3-6-11-19/h3,5-6,10-11,13-14,17,27,31H,1-2,4,7-9,12,15-16,18H2,(H,28,29). The summed E-state index contributed by atoms with van der Waals surface area (Å²) in [6.07, 6.45) is 1.26. The van der Waals surface area contributed by atoms with Crippen molar-refractivity contribution in [3.63, 3.8) is 0 Å². The fourth-order valence-electron chi connectivity index (χ4n) is 3.45. The first-order chi connectivity index (χ1) is 14.9. The zero-order valence-electron chi connectivity index (χ0n) is 17.6. The van der Waals surface area contributed by atoms with Crippen LogP contribution in [0.2, 0.25) is 0 Å². The molecule has 0 saturated carbocycles. The average molecular weight is 457 g/mol. The van der Waals surface area contributed by atoms with Gasteiger partial charge in [0, 0.05) is 6.54 Å². The van der Waals surface area contributed by atoms with Crippen LogP contribution in [-0.2, 0) is 34.7 Å². The fourth-order valence-corrected chi connectivity index (χ4v) is 3.77. The first-order valence-electron chi connectivity index (χ1n) is 10.7. The van der Waals surface area contributed by atoms with Gasteiger partial charge in [-0.25, -0.2) is 0 Å². The molecule has 2 aromatic rings. The summed E-state index contributed by atoms with van der Waals surface area (Å²) in [5.74, 6) is 0. The van der Waals surface area contributed by atoms with Gasteiger partial charge in [-0.05, 0) is 61.4 Å². The summed E-state index contributed by atoms with van der Waals surface area (Å²) in [7, 11) is -2.93. The van der Waals surface area contributed by atoms with Crippen LogP contribution in [0.15, 0.2) is 48.5 Å². The Morgan fingerprint density at radius 2 is 1.61 bits per heavy atom. The minimum atomic E-state index is -4.37. The lowest BCUT2D eigenvalue weighted by molar-refractivity contribution is -0.138. The van der Waals surface area contributed by atoms with Crippen LogP contribution in [0, 0.1) is 0 Å². The molecular weight excluding hydrogens is 426 g/mol. The molecule has 172 valence electrons. The molecule has 0 fully saturated rings. The molecule has 0 aliphatic carbocycles. The normalized spacial score (nSPS) is 12.8. The largest absolute Gasteiger partial charge is 0.416 e. The minimum Gasteiger partial charge on any atom is -0.326 e. The molecule has 1 unspecified atom stereocenters. The van der Waals surface area contributed by atoms with E-state index in [1.54, 1.807) is 12.1 Å². The van der Waals surface area contributed by atoms with E-state index >= 15 is 0 Å². The van der Waals surface area contributed by atoms with Gasteiger partial charge in [0.2, 0.25) is 0 Å².